The second-order valence-corrected chi connectivity index (χ2v) is 8.75. The molecule has 0 aliphatic rings. The number of esters is 1. The molecule has 0 radical (unpaired) electrons. The van der Waals surface area contributed by atoms with Crippen molar-refractivity contribution in [2.45, 2.75) is 5.41 Å². The van der Waals surface area contributed by atoms with Gasteiger partial charge in [-0.05, 0) is 64.7 Å². The van der Waals surface area contributed by atoms with Crippen LogP contribution in [0.25, 0.3) is 0 Å². The van der Waals surface area contributed by atoms with Crippen LogP contribution in [0.3, 0.4) is 0 Å². The molecule has 0 fully saturated rings. The van der Waals surface area contributed by atoms with Crippen LogP contribution < -0.4 is 0 Å². The van der Waals surface area contributed by atoms with Crippen molar-refractivity contribution in [3.8, 4) is 6.07 Å². The van der Waals surface area contributed by atoms with E-state index in [0.717, 1.165) is 22.3 Å². The lowest BCUT2D eigenvalue weighted by atomic mass is 9.65. The van der Waals surface area contributed by atoms with Crippen molar-refractivity contribution < 1.29 is 9.53 Å². The molecule has 0 unspecified atom stereocenters. The summed E-state index contributed by atoms with van der Waals surface area (Å²) in [5.74, 6) is -0.664. The van der Waals surface area contributed by atoms with Gasteiger partial charge in [-0.15, -0.1) is 0 Å². The van der Waals surface area contributed by atoms with Crippen molar-refractivity contribution in [3.05, 3.63) is 134 Å². The summed E-state index contributed by atoms with van der Waals surface area (Å²) in [6.07, 6.45) is 1.64. The molecule has 4 rings (SSSR count). The van der Waals surface area contributed by atoms with Crippen LogP contribution in [0.1, 0.15) is 32.7 Å². The summed E-state index contributed by atoms with van der Waals surface area (Å²) in [7, 11) is 0. The summed E-state index contributed by atoms with van der Waals surface area (Å²) in [5, 5.41) is 10.5. The van der Waals surface area contributed by atoms with Crippen LogP contribution in [0.2, 0.25) is 15.1 Å². The van der Waals surface area contributed by atoms with Crippen molar-refractivity contribution in [1.82, 2.24) is 4.98 Å². The predicted molar refractivity (Wildman–Crippen MR) is 133 cm³/mol. The van der Waals surface area contributed by atoms with E-state index >= 15 is 0 Å². The molecule has 0 atom stereocenters. The highest BCUT2D eigenvalue weighted by Gasteiger charge is 2.39. The summed E-state index contributed by atoms with van der Waals surface area (Å²) in [6, 6.07) is 27.9. The van der Waals surface area contributed by atoms with Crippen molar-refractivity contribution in [3.63, 3.8) is 0 Å². The Hall–Kier alpha value is -3.36. The molecule has 3 aromatic carbocycles. The Morgan fingerprint density at radius 3 is 1.50 bits per heavy atom. The number of carbonyl (C=O) groups excluding carboxylic acids is 1. The molecule has 0 saturated heterocycles. The molecule has 0 aliphatic carbocycles. The summed E-state index contributed by atoms with van der Waals surface area (Å²) >= 11 is 18.7. The molecular weight excluding hydrogens is 491 g/mol. The van der Waals surface area contributed by atoms with Gasteiger partial charge in [0, 0.05) is 21.3 Å². The van der Waals surface area contributed by atoms with Crippen LogP contribution >= 0.6 is 34.8 Å². The Morgan fingerprint density at radius 1 is 0.735 bits per heavy atom. The van der Waals surface area contributed by atoms with Gasteiger partial charge in [-0.2, -0.15) is 5.26 Å². The van der Waals surface area contributed by atoms with Gasteiger partial charge >= 0.3 is 5.97 Å². The van der Waals surface area contributed by atoms with Gasteiger partial charge in [0.2, 0.25) is 0 Å². The first-order chi connectivity index (χ1) is 16.4. The summed E-state index contributed by atoms with van der Waals surface area (Å²) < 4.78 is 4.89. The number of nitriles is 1. The van der Waals surface area contributed by atoms with Gasteiger partial charge in [0.15, 0.2) is 6.61 Å². The lowest BCUT2D eigenvalue weighted by Crippen LogP contribution is -2.31. The lowest BCUT2D eigenvalue weighted by molar-refractivity contribution is 0.0548. The van der Waals surface area contributed by atoms with E-state index < -0.39 is 11.4 Å². The molecule has 1 heterocycles. The maximum Gasteiger partial charge on any atom is 0.357 e. The second-order valence-electron chi connectivity index (χ2n) is 7.44. The van der Waals surface area contributed by atoms with Crippen LogP contribution in [-0.4, -0.2) is 17.6 Å². The summed E-state index contributed by atoms with van der Waals surface area (Å²) in [4.78, 5) is 16.6. The van der Waals surface area contributed by atoms with E-state index in [4.69, 9.17) is 44.8 Å². The van der Waals surface area contributed by atoms with Gasteiger partial charge in [0.1, 0.15) is 11.8 Å². The van der Waals surface area contributed by atoms with Crippen molar-refractivity contribution in [2.24, 2.45) is 0 Å². The molecule has 7 heteroatoms. The minimum atomic E-state index is -0.818. The first kappa shape index (κ1) is 23.8. The fourth-order valence-electron chi connectivity index (χ4n) is 4.01. The third-order valence-electron chi connectivity index (χ3n) is 5.51. The largest absolute Gasteiger partial charge is 0.446 e. The number of hydrogen-bond acceptors (Lipinski definition) is 4. The molecule has 4 nitrogen and oxygen atoms in total. The first-order valence-electron chi connectivity index (χ1n) is 10.2. The molecule has 0 N–H and O–H groups in total. The summed E-state index contributed by atoms with van der Waals surface area (Å²) in [5.41, 5.74) is 2.89. The first-order valence-corrected chi connectivity index (χ1v) is 11.4. The average Bonchev–Trinajstić information content (AvgIpc) is 2.86. The minimum Gasteiger partial charge on any atom is -0.446 e. The maximum atomic E-state index is 12.2. The number of nitrogens with zero attached hydrogens (tertiary/aromatic N) is 2. The number of aromatic nitrogens is 1. The molecule has 34 heavy (non-hydrogen) atoms. The van der Waals surface area contributed by atoms with E-state index in [2.05, 4.69) is 4.98 Å². The zero-order valence-electron chi connectivity index (χ0n) is 17.7. The van der Waals surface area contributed by atoms with Gasteiger partial charge in [-0.25, -0.2) is 9.78 Å². The highest BCUT2D eigenvalue weighted by atomic mass is 35.5. The molecule has 0 bridgehead atoms. The summed E-state index contributed by atoms with van der Waals surface area (Å²) in [6.45, 7) is -0.341. The fraction of sp³-hybridized carbons (Fsp3) is 0.0741. The molecule has 0 amide bonds. The molecule has 4 aromatic rings. The number of benzene rings is 3. The zero-order valence-corrected chi connectivity index (χ0v) is 20.0. The Bertz CT molecular complexity index is 1220. The van der Waals surface area contributed by atoms with Gasteiger partial charge in [0.25, 0.3) is 0 Å². The molecule has 0 saturated carbocycles. The minimum absolute atomic E-state index is 0.108. The SMILES string of the molecule is N#CCOC(=O)c1ccc(C(c2ccc(Cl)cc2)(c2ccc(Cl)cc2)c2ccc(Cl)cc2)cn1. The van der Waals surface area contributed by atoms with Crippen molar-refractivity contribution in [2.75, 3.05) is 6.61 Å². The Kier molecular flexibility index (Phi) is 7.19. The number of halogens is 3. The Morgan fingerprint density at radius 2 is 1.15 bits per heavy atom. The van der Waals surface area contributed by atoms with Gasteiger partial charge < -0.3 is 4.74 Å². The van der Waals surface area contributed by atoms with E-state index in [1.165, 1.54) is 0 Å². The highest BCUT2D eigenvalue weighted by molar-refractivity contribution is 6.31. The maximum absolute atomic E-state index is 12.2. The quantitative estimate of drug-likeness (QED) is 0.206. The normalized spacial score (nSPS) is 11.0. The smallest absolute Gasteiger partial charge is 0.357 e. The Labute approximate surface area is 212 Å². The number of ether oxygens (including phenoxy) is 1. The fourth-order valence-corrected chi connectivity index (χ4v) is 4.39. The monoisotopic (exact) mass is 506 g/mol. The number of pyridine rings is 1. The lowest BCUT2D eigenvalue weighted by Gasteiger charge is -2.36. The van der Waals surface area contributed by atoms with Crippen molar-refractivity contribution in [1.29, 1.82) is 5.26 Å². The number of carbonyl (C=O) groups is 1. The second kappa shape index (κ2) is 10.3. The van der Waals surface area contributed by atoms with Crippen LogP contribution in [0.15, 0.2) is 91.1 Å². The standard InChI is InChI=1S/C27H17Cl3N2O2/c28-22-8-1-18(2-9-22)27(19-3-10-23(29)11-4-19,20-5-12-24(30)13-6-20)21-7-14-25(32-17-21)26(33)34-16-15-31/h1-14,17H,16H2. The molecule has 168 valence electrons. The van der Waals surface area contributed by atoms with Gasteiger partial charge in [-0.1, -0.05) is 77.3 Å². The highest BCUT2D eigenvalue weighted by Crippen LogP contribution is 2.45. The van der Waals surface area contributed by atoms with E-state index in [0.29, 0.717) is 15.1 Å². The van der Waals surface area contributed by atoms with E-state index in [1.54, 1.807) is 18.3 Å². The number of hydrogen-bond donors (Lipinski definition) is 0. The Balaban J connectivity index is 1.99. The van der Waals surface area contributed by atoms with Crippen LogP contribution in [0, 0.1) is 11.3 Å². The molecule has 0 spiro atoms. The van der Waals surface area contributed by atoms with Crippen molar-refractivity contribution >= 4 is 40.8 Å². The number of rotatable bonds is 6. The van der Waals surface area contributed by atoms with Gasteiger partial charge in [0.05, 0.1) is 5.41 Å². The topological polar surface area (TPSA) is 63.0 Å². The molecule has 0 aliphatic heterocycles. The predicted octanol–water partition coefficient (Wildman–Crippen LogP) is 7.10. The van der Waals surface area contributed by atoms with E-state index in [-0.39, 0.29) is 12.3 Å². The molecule has 1 aromatic heterocycles. The van der Waals surface area contributed by atoms with Gasteiger partial charge in [-0.3, -0.25) is 0 Å². The van der Waals surface area contributed by atoms with E-state index in [1.807, 2.05) is 78.9 Å². The third kappa shape index (κ3) is 4.64. The van der Waals surface area contributed by atoms with Crippen LogP contribution in [0.4, 0.5) is 0 Å². The average molecular weight is 508 g/mol. The zero-order chi connectivity index (χ0) is 24.1. The third-order valence-corrected chi connectivity index (χ3v) is 6.26. The van der Waals surface area contributed by atoms with Crippen LogP contribution in [-0.2, 0) is 10.2 Å². The van der Waals surface area contributed by atoms with Crippen LogP contribution in [0.5, 0.6) is 0 Å². The van der Waals surface area contributed by atoms with E-state index in [9.17, 15) is 4.79 Å². The molecular formula is C27H17Cl3N2O2.